The van der Waals surface area contributed by atoms with Crippen molar-refractivity contribution in [3.63, 3.8) is 0 Å². The molecule has 4 rings (SSSR count). The third kappa shape index (κ3) is 3.36. The van der Waals surface area contributed by atoms with E-state index in [4.69, 9.17) is 27.9 Å². The third-order valence-corrected chi connectivity index (χ3v) is 3.87. The van der Waals surface area contributed by atoms with Crippen molar-refractivity contribution in [2.24, 2.45) is 5.92 Å². The van der Waals surface area contributed by atoms with Gasteiger partial charge in [-0.25, -0.2) is 0 Å². The molecule has 0 unspecified atom stereocenters. The lowest BCUT2D eigenvalue weighted by molar-refractivity contribution is -0.168. The average Bonchev–Trinajstić information content (AvgIpc) is 2.35. The second kappa shape index (κ2) is 5.74. The first kappa shape index (κ1) is 12.7. The molecule has 0 atom stereocenters. The van der Waals surface area contributed by atoms with E-state index in [2.05, 4.69) is 0 Å². The van der Waals surface area contributed by atoms with Crippen molar-refractivity contribution >= 4 is 29.2 Å². The minimum atomic E-state index is 0.0532. The van der Waals surface area contributed by atoms with Crippen molar-refractivity contribution in [3.05, 3.63) is 34.3 Å². The van der Waals surface area contributed by atoms with Gasteiger partial charge in [0.2, 0.25) is 0 Å². The van der Waals surface area contributed by atoms with E-state index in [1.165, 1.54) is 0 Å². The van der Waals surface area contributed by atoms with Crippen molar-refractivity contribution in [1.82, 2.24) is 0 Å². The average molecular weight is 273 g/mol. The van der Waals surface area contributed by atoms with Gasteiger partial charge in [0.25, 0.3) is 0 Å². The van der Waals surface area contributed by atoms with E-state index in [1.54, 1.807) is 12.1 Å². The summed E-state index contributed by atoms with van der Waals surface area (Å²) in [4.78, 5) is 10.8. The quantitative estimate of drug-likeness (QED) is 0.665. The van der Waals surface area contributed by atoms with Gasteiger partial charge in [-0.05, 0) is 37.8 Å². The Kier molecular flexibility index (Phi) is 4.30. The van der Waals surface area contributed by atoms with Crippen LogP contribution >= 0.6 is 23.2 Å². The Balaban J connectivity index is 0.000000128. The molecule has 1 aromatic rings. The zero-order chi connectivity index (χ0) is 12.3. The van der Waals surface area contributed by atoms with E-state index in [0.717, 1.165) is 25.7 Å². The predicted octanol–water partition coefficient (Wildman–Crippen LogP) is 4.10. The largest absolute Gasteiger partial charge is 0.462 e. The van der Waals surface area contributed by atoms with Crippen LogP contribution in [0.2, 0.25) is 10.0 Å². The van der Waals surface area contributed by atoms with Gasteiger partial charge in [-0.1, -0.05) is 35.3 Å². The number of carbonyl (C=O) groups excluding carboxylic acids is 1. The van der Waals surface area contributed by atoms with Gasteiger partial charge in [0.1, 0.15) is 6.10 Å². The second-order valence-corrected chi connectivity index (χ2v) is 5.14. The number of fused-ring (bicyclic) bond motifs is 3. The summed E-state index contributed by atoms with van der Waals surface area (Å²) in [5, 5.41) is 1.21. The summed E-state index contributed by atoms with van der Waals surface area (Å²) < 4.78 is 5.05. The van der Waals surface area contributed by atoms with Crippen LogP contribution < -0.4 is 0 Å². The van der Waals surface area contributed by atoms with E-state index in [0.29, 0.717) is 10.0 Å². The molecule has 0 N–H and O–H groups in total. The molecule has 0 spiro atoms. The van der Waals surface area contributed by atoms with Crippen molar-refractivity contribution in [1.29, 1.82) is 0 Å². The number of carbonyl (C=O) groups is 1. The molecule has 2 aliphatic heterocycles. The molecule has 2 bridgehead atoms. The topological polar surface area (TPSA) is 26.3 Å². The molecule has 1 saturated carbocycles. The van der Waals surface area contributed by atoms with Crippen molar-refractivity contribution < 1.29 is 9.53 Å². The molecule has 4 heteroatoms. The zero-order valence-electron chi connectivity index (χ0n) is 9.36. The standard InChI is InChI=1S/C7H10O2.C6H4Cl2/c8-7-5-1-3-6(9-7)4-2-5;7-5-3-1-2-4-6(5)8/h5-6H,1-4H2;1-4H. The number of esters is 1. The minimum Gasteiger partial charge on any atom is -0.462 e. The molecular weight excluding hydrogens is 259 g/mol. The summed E-state index contributed by atoms with van der Waals surface area (Å²) in [5.74, 6) is 0.313. The highest BCUT2D eigenvalue weighted by Crippen LogP contribution is 2.33. The normalized spacial score (nSPS) is 25.9. The summed E-state index contributed by atoms with van der Waals surface area (Å²) in [6, 6.07) is 7.19. The molecule has 1 aliphatic carbocycles. The summed E-state index contributed by atoms with van der Waals surface area (Å²) in [6.07, 6.45) is 4.64. The summed E-state index contributed by atoms with van der Waals surface area (Å²) in [5.41, 5.74) is 0. The Morgan fingerprint density at radius 2 is 1.53 bits per heavy atom. The molecule has 2 saturated heterocycles. The lowest BCUT2D eigenvalue weighted by Crippen LogP contribution is -2.37. The molecule has 17 heavy (non-hydrogen) atoms. The van der Waals surface area contributed by atoms with Gasteiger partial charge in [0.15, 0.2) is 0 Å². The summed E-state index contributed by atoms with van der Waals surface area (Å²) >= 11 is 11.2. The lowest BCUT2D eigenvalue weighted by atomic mass is 9.84. The molecule has 2 heterocycles. The summed E-state index contributed by atoms with van der Waals surface area (Å²) in [6.45, 7) is 0. The van der Waals surface area contributed by atoms with Gasteiger partial charge in [0.05, 0.1) is 16.0 Å². The Morgan fingerprint density at radius 1 is 1.00 bits per heavy atom. The minimum absolute atomic E-state index is 0.0532. The van der Waals surface area contributed by atoms with Gasteiger partial charge in [-0.3, -0.25) is 4.79 Å². The number of hydrogen-bond acceptors (Lipinski definition) is 2. The number of rotatable bonds is 0. The van der Waals surface area contributed by atoms with Gasteiger partial charge in [-0.2, -0.15) is 0 Å². The smallest absolute Gasteiger partial charge is 0.309 e. The number of ether oxygens (including phenoxy) is 1. The fraction of sp³-hybridized carbons (Fsp3) is 0.462. The highest BCUT2D eigenvalue weighted by atomic mass is 35.5. The van der Waals surface area contributed by atoms with Crippen LogP contribution in [0.4, 0.5) is 0 Å². The second-order valence-electron chi connectivity index (χ2n) is 4.32. The SMILES string of the molecule is Clc1ccccc1Cl.O=C1OC2CCC1CC2. The first-order valence-electron chi connectivity index (χ1n) is 5.77. The van der Waals surface area contributed by atoms with Crippen LogP contribution in [-0.4, -0.2) is 12.1 Å². The van der Waals surface area contributed by atoms with Gasteiger partial charge in [-0.15, -0.1) is 0 Å². The van der Waals surface area contributed by atoms with Gasteiger partial charge in [0, 0.05) is 0 Å². The number of hydrogen-bond donors (Lipinski definition) is 0. The molecule has 0 radical (unpaired) electrons. The molecular formula is C13H14Cl2O2. The van der Waals surface area contributed by atoms with Crippen LogP contribution in [-0.2, 0) is 9.53 Å². The Morgan fingerprint density at radius 3 is 1.76 bits per heavy atom. The first-order valence-corrected chi connectivity index (χ1v) is 6.53. The molecule has 3 aliphatic rings. The molecule has 0 amide bonds. The van der Waals surface area contributed by atoms with Gasteiger partial charge < -0.3 is 4.74 Å². The van der Waals surface area contributed by atoms with Crippen molar-refractivity contribution in [2.45, 2.75) is 31.8 Å². The molecule has 3 fully saturated rings. The van der Waals surface area contributed by atoms with E-state index >= 15 is 0 Å². The fourth-order valence-electron chi connectivity index (χ4n) is 2.12. The molecule has 2 nitrogen and oxygen atoms in total. The van der Waals surface area contributed by atoms with Crippen LogP contribution in [0, 0.1) is 5.92 Å². The van der Waals surface area contributed by atoms with E-state index in [-0.39, 0.29) is 18.0 Å². The van der Waals surface area contributed by atoms with Crippen LogP contribution in [0.25, 0.3) is 0 Å². The predicted molar refractivity (Wildman–Crippen MR) is 68.3 cm³/mol. The highest BCUT2D eigenvalue weighted by Gasteiger charge is 2.35. The van der Waals surface area contributed by atoms with E-state index < -0.39 is 0 Å². The number of halogens is 2. The Hall–Kier alpha value is -0.730. The Labute approximate surface area is 111 Å². The Bertz CT molecular complexity index is 377. The van der Waals surface area contributed by atoms with Crippen molar-refractivity contribution in [2.75, 3.05) is 0 Å². The van der Waals surface area contributed by atoms with Crippen LogP contribution in [0.15, 0.2) is 24.3 Å². The third-order valence-electron chi connectivity index (χ3n) is 3.11. The maximum atomic E-state index is 10.8. The molecule has 1 aromatic carbocycles. The molecule has 0 aromatic heterocycles. The van der Waals surface area contributed by atoms with Crippen molar-refractivity contribution in [3.8, 4) is 0 Å². The maximum Gasteiger partial charge on any atom is 0.309 e. The zero-order valence-corrected chi connectivity index (χ0v) is 10.9. The van der Waals surface area contributed by atoms with Crippen LogP contribution in [0.3, 0.4) is 0 Å². The first-order chi connectivity index (χ1) is 8.16. The van der Waals surface area contributed by atoms with Gasteiger partial charge >= 0.3 is 5.97 Å². The maximum absolute atomic E-state index is 10.8. The molecule has 92 valence electrons. The van der Waals surface area contributed by atoms with E-state index in [9.17, 15) is 4.79 Å². The van der Waals surface area contributed by atoms with Crippen LogP contribution in [0.1, 0.15) is 25.7 Å². The van der Waals surface area contributed by atoms with Crippen LogP contribution in [0.5, 0.6) is 0 Å². The lowest BCUT2D eigenvalue weighted by Gasteiger charge is -2.34. The highest BCUT2D eigenvalue weighted by molar-refractivity contribution is 6.41. The summed E-state index contributed by atoms with van der Waals surface area (Å²) in [7, 11) is 0. The number of benzene rings is 1. The van der Waals surface area contributed by atoms with E-state index in [1.807, 2.05) is 12.1 Å². The fourth-order valence-corrected chi connectivity index (χ4v) is 2.39. The monoisotopic (exact) mass is 272 g/mol.